The number of amides is 1. The zero-order valence-electron chi connectivity index (χ0n) is 15.1. The molecule has 0 atom stereocenters. The second kappa shape index (κ2) is 7.01. The quantitative estimate of drug-likeness (QED) is 0.440. The maximum Gasteiger partial charge on any atom is 0.255 e. The van der Waals surface area contributed by atoms with Crippen LogP contribution in [-0.2, 0) is 0 Å². The van der Waals surface area contributed by atoms with Crippen LogP contribution < -0.4 is 5.32 Å². The minimum Gasteiger partial charge on any atom is -0.322 e. The number of aromatic amines is 2. The Morgan fingerprint density at radius 2 is 1.83 bits per heavy atom. The Labute approximate surface area is 165 Å². The van der Waals surface area contributed by atoms with Gasteiger partial charge in [0.15, 0.2) is 5.82 Å². The summed E-state index contributed by atoms with van der Waals surface area (Å²) >= 11 is 0. The molecule has 0 spiro atoms. The zero-order valence-corrected chi connectivity index (χ0v) is 15.1. The molecule has 29 heavy (non-hydrogen) atoms. The normalized spacial score (nSPS) is 10.9. The zero-order chi connectivity index (χ0) is 19.6. The van der Waals surface area contributed by atoms with Gasteiger partial charge < -0.3 is 5.32 Å². The number of anilines is 1. The van der Waals surface area contributed by atoms with E-state index >= 15 is 0 Å². The first-order valence-corrected chi connectivity index (χ1v) is 8.94. The smallest absolute Gasteiger partial charge is 0.255 e. The molecule has 3 N–H and O–H groups in total. The van der Waals surface area contributed by atoms with Crippen molar-refractivity contribution in [3.63, 3.8) is 0 Å². The van der Waals surface area contributed by atoms with Gasteiger partial charge in [-0.15, -0.1) is 0 Å². The molecule has 2 aromatic carbocycles. The summed E-state index contributed by atoms with van der Waals surface area (Å²) in [6.45, 7) is 0. The van der Waals surface area contributed by atoms with Gasteiger partial charge >= 0.3 is 0 Å². The molecular formula is C21H15N7O. The predicted molar refractivity (Wildman–Crippen MR) is 109 cm³/mol. The van der Waals surface area contributed by atoms with Crippen molar-refractivity contribution in [3.05, 3.63) is 78.9 Å². The molecule has 0 fully saturated rings. The summed E-state index contributed by atoms with van der Waals surface area (Å²) in [6, 6.07) is 16.7. The van der Waals surface area contributed by atoms with Crippen molar-refractivity contribution in [2.45, 2.75) is 0 Å². The molecule has 0 aliphatic heterocycles. The molecule has 0 aliphatic rings. The third kappa shape index (κ3) is 3.23. The van der Waals surface area contributed by atoms with Crippen molar-refractivity contribution < 1.29 is 4.79 Å². The lowest BCUT2D eigenvalue weighted by molar-refractivity contribution is 0.102. The van der Waals surface area contributed by atoms with E-state index in [2.05, 4.69) is 35.7 Å². The van der Waals surface area contributed by atoms with Crippen molar-refractivity contribution in [3.8, 4) is 22.6 Å². The molecule has 8 heteroatoms. The molecule has 0 saturated heterocycles. The summed E-state index contributed by atoms with van der Waals surface area (Å²) in [5, 5.41) is 18.2. The van der Waals surface area contributed by atoms with E-state index in [0.29, 0.717) is 17.1 Å². The van der Waals surface area contributed by atoms with Gasteiger partial charge in [0.1, 0.15) is 6.33 Å². The van der Waals surface area contributed by atoms with Crippen LogP contribution in [0, 0.1) is 0 Å². The summed E-state index contributed by atoms with van der Waals surface area (Å²) in [6.07, 6.45) is 4.81. The summed E-state index contributed by atoms with van der Waals surface area (Å²) < 4.78 is 0. The molecule has 0 saturated carbocycles. The summed E-state index contributed by atoms with van der Waals surface area (Å²) in [5.74, 6) is 0.420. The Bertz CT molecular complexity index is 1290. The van der Waals surface area contributed by atoms with Crippen molar-refractivity contribution >= 4 is 22.5 Å². The average Bonchev–Trinajstić information content (AvgIpc) is 3.44. The fourth-order valence-corrected chi connectivity index (χ4v) is 3.17. The maximum absolute atomic E-state index is 12.6. The number of hydrogen-bond donors (Lipinski definition) is 3. The standard InChI is InChI=1S/C21H15N7O/c29-21(25-16-6-8-22-9-7-16)15-3-1-2-13(10-15)19-17-11-14(20-23-12-24-28-20)4-5-18(17)26-27-19/h1-12H,(H,26,27)(H,22,25,29)(H,23,24,28). The fraction of sp³-hybridized carbons (Fsp3) is 0. The highest BCUT2D eigenvalue weighted by Gasteiger charge is 2.13. The Morgan fingerprint density at radius 3 is 2.66 bits per heavy atom. The Kier molecular flexibility index (Phi) is 4.06. The first-order chi connectivity index (χ1) is 14.3. The van der Waals surface area contributed by atoms with E-state index in [4.69, 9.17) is 0 Å². The molecule has 5 aromatic rings. The first kappa shape index (κ1) is 16.8. The lowest BCUT2D eigenvalue weighted by atomic mass is 10.0. The molecule has 5 rings (SSSR count). The summed E-state index contributed by atoms with van der Waals surface area (Å²) in [5.41, 5.74) is 4.61. The summed E-state index contributed by atoms with van der Waals surface area (Å²) in [7, 11) is 0. The molecule has 3 aromatic heterocycles. The van der Waals surface area contributed by atoms with Crippen LogP contribution in [0.5, 0.6) is 0 Å². The van der Waals surface area contributed by atoms with Crippen molar-refractivity contribution in [2.75, 3.05) is 5.32 Å². The Morgan fingerprint density at radius 1 is 0.931 bits per heavy atom. The van der Waals surface area contributed by atoms with E-state index in [1.54, 1.807) is 36.9 Å². The molecule has 1 amide bonds. The largest absolute Gasteiger partial charge is 0.322 e. The number of carbonyl (C=O) groups is 1. The van der Waals surface area contributed by atoms with Crippen molar-refractivity contribution in [2.24, 2.45) is 0 Å². The van der Waals surface area contributed by atoms with E-state index in [0.717, 1.165) is 27.7 Å². The number of pyridine rings is 1. The van der Waals surface area contributed by atoms with Crippen LogP contribution in [0.1, 0.15) is 10.4 Å². The second-order valence-electron chi connectivity index (χ2n) is 6.43. The highest BCUT2D eigenvalue weighted by Crippen LogP contribution is 2.30. The maximum atomic E-state index is 12.6. The van der Waals surface area contributed by atoms with Gasteiger partial charge in [-0.05, 0) is 42.5 Å². The van der Waals surface area contributed by atoms with Crippen LogP contribution in [0.2, 0.25) is 0 Å². The number of nitrogens with one attached hydrogen (secondary N) is 3. The molecule has 140 valence electrons. The van der Waals surface area contributed by atoms with Gasteiger partial charge in [0.25, 0.3) is 5.91 Å². The summed E-state index contributed by atoms with van der Waals surface area (Å²) in [4.78, 5) is 20.8. The lowest BCUT2D eigenvalue weighted by Crippen LogP contribution is -2.11. The molecule has 8 nitrogen and oxygen atoms in total. The van der Waals surface area contributed by atoms with Crippen LogP contribution in [0.15, 0.2) is 73.3 Å². The number of nitrogens with zero attached hydrogens (tertiary/aromatic N) is 4. The number of hydrogen-bond acceptors (Lipinski definition) is 5. The van der Waals surface area contributed by atoms with Gasteiger partial charge in [-0.25, -0.2) is 4.98 Å². The average molecular weight is 381 g/mol. The van der Waals surface area contributed by atoms with E-state index in [1.807, 2.05) is 36.4 Å². The van der Waals surface area contributed by atoms with Gasteiger partial charge in [0.2, 0.25) is 0 Å². The van der Waals surface area contributed by atoms with Crippen LogP contribution in [0.3, 0.4) is 0 Å². The number of carbonyl (C=O) groups excluding carboxylic acids is 1. The van der Waals surface area contributed by atoms with Crippen molar-refractivity contribution in [1.29, 1.82) is 0 Å². The van der Waals surface area contributed by atoms with Crippen LogP contribution in [0.25, 0.3) is 33.5 Å². The number of rotatable bonds is 4. The molecule has 0 unspecified atom stereocenters. The van der Waals surface area contributed by atoms with Gasteiger partial charge in [-0.3, -0.25) is 20.0 Å². The van der Waals surface area contributed by atoms with Crippen molar-refractivity contribution in [1.82, 2.24) is 30.4 Å². The molecule has 0 bridgehead atoms. The second-order valence-corrected chi connectivity index (χ2v) is 6.43. The fourth-order valence-electron chi connectivity index (χ4n) is 3.17. The topological polar surface area (TPSA) is 112 Å². The Balaban J connectivity index is 1.51. The minimum absolute atomic E-state index is 0.195. The van der Waals surface area contributed by atoms with E-state index in [9.17, 15) is 4.79 Å². The van der Waals surface area contributed by atoms with E-state index in [-0.39, 0.29) is 5.91 Å². The molecule has 3 heterocycles. The van der Waals surface area contributed by atoms with Crippen LogP contribution in [-0.4, -0.2) is 36.3 Å². The van der Waals surface area contributed by atoms with Gasteiger partial charge in [0.05, 0.1) is 11.2 Å². The number of H-pyrrole nitrogens is 2. The third-order valence-electron chi connectivity index (χ3n) is 4.57. The molecule has 0 radical (unpaired) electrons. The lowest BCUT2D eigenvalue weighted by Gasteiger charge is -2.06. The highest BCUT2D eigenvalue weighted by molar-refractivity contribution is 6.05. The van der Waals surface area contributed by atoms with Gasteiger partial charge in [-0.2, -0.15) is 10.2 Å². The number of fused-ring (bicyclic) bond motifs is 1. The first-order valence-electron chi connectivity index (χ1n) is 8.94. The monoisotopic (exact) mass is 381 g/mol. The van der Waals surface area contributed by atoms with E-state index < -0.39 is 0 Å². The Hall–Kier alpha value is -4.33. The minimum atomic E-state index is -0.195. The molecule has 0 aliphatic carbocycles. The van der Waals surface area contributed by atoms with Crippen LogP contribution in [0.4, 0.5) is 5.69 Å². The van der Waals surface area contributed by atoms with Gasteiger partial charge in [-0.1, -0.05) is 12.1 Å². The number of benzene rings is 2. The molecular weight excluding hydrogens is 366 g/mol. The number of aromatic nitrogens is 6. The third-order valence-corrected chi connectivity index (χ3v) is 4.57. The van der Waals surface area contributed by atoms with Gasteiger partial charge in [0, 0.05) is 40.2 Å². The van der Waals surface area contributed by atoms with Crippen LogP contribution >= 0.6 is 0 Å². The van der Waals surface area contributed by atoms with E-state index in [1.165, 1.54) is 0 Å². The highest BCUT2D eigenvalue weighted by atomic mass is 16.1. The SMILES string of the molecule is O=C(Nc1ccncc1)c1cccc(-c2n[nH]c3ccc(-c4nc[nH]n4)cc23)c1. The predicted octanol–water partition coefficient (Wildman–Crippen LogP) is 3.66.